The number of aryl methyl sites for hydroxylation is 1. The van der Waals surface area contributed by atoms with Crippen molar-refractivity contribution in [2.24, 2.45) is 0 Å². The Kier molecular flexibility index (Phi) is 4.22. The molecule has 0 unspecified atom stereocenters. The summed E-state index contributed by atoms with van der Waals surface area (Å²) in [5.74, 6) is 0. The number of rotatable bonds is 3. The van der Waals surface area contributed by atoms with Gasteiger partial charge in [-0.25, -0.2) is 0 Å². The fourth-order valence-corrected chi connectivity index (χ4v) is 2.62. The van der Waals surface area contributed by atoms with E-state index in [1.54, 1.807) is 43.3 Å². The lowest BCUT2D eigenvalue weighted by Gasteiger charge is -2.06. The first kappa shape index (κ1) is 15.0. The van der Waals surface area contributed by atoms with Crippen molar-refractivity contribution in [1.29, 1.82) is 5.26 Å². The lowest BCUT2D eigenvalue weighted by molar-refractivity contribution is 0.483. The first-order valence-corrected chi connectivity index (χ1v) is 7.61. The molecule has 0 radical (unpaired) electrons. The van der Waals surface area contributed by atoms with Gasteiger partial charge in [0.15, 0.2) is 0 Å². The number of nitrogens with zero attached hydrogens (tertiary/aromatic N) is 1. The van der Waals surface area contributed by atoms with Gasteiger partial charge in [-0.3, -0.25) is 4.55 Å². The maximum atomic E-state index is 11.4. The smallest absolute Gasteiger partial charge is 0.282 e. The first-order chi connectivity index (χ1) is 9.91. The molecule has 0 bridgehead atoms. The number of nitriles is 1. The molecule has 0 spiro atoms. The summed E-state index contributed by atoms with van der Waals surface area (Å²) in [5.41, 5.74) is 2.13. The van der Waals surface area contributed by atoms with Crippen molar-refractivity contribution in [1.82, 2.24) is 0 Å². The molecule has 2 aromatic carbocycles. The minimum atomic E-state index is -4.34. The van der Waals surface area contributed by atoms with Crippen molar-refractivity contribution in [2.75, 3.05) is 0 Å². The third kappa shape index (κ3) is 3.57. The standard InChI is InChI=1S/C16H13NO3S/c1-12-7-8-16(21(18,19)20)14(9-12)10-15(11-17)13-5-3-2-4-6-13/h2-10H,1H3,(H,18,19,20). The van der Waals surface area contributed by atoms with E-state index < -0.39 is 10.1 Å². The zero-order valence-electron chi connectivity index (χ0n) is 11.3. The van der Waals surface area contributed by atoms with Crippen molar-refractivity contribution in [3.05, 3.63) is 65.2 Å². The largest absolute Gasteiger partial charge is 0.295 e. The van der Waals surface area contributed by atoms with Crippen LogP contribution in [0, 0.1) is 18.3 Å². The third-order valence-electron chi connectivity index (χ3n) is 2.95. The highest BCUT2D eigenvalue weighted by Crippen LogP contribution is 2.23. The quantitative estimate of drug-likeness (QED) is 0.536. The van der Waals surface area contributed by atoms with E-state index in [9.17, 15) is 18.2 Å². The molecule has 0 fully saturated rings. The van der Waals surface area contributed by atoms with Gasteiger partial charge in [-0.05, 0) is 30.2 Å². The summed E-state index contributed by atoms with van der Waals surface area (Å²) >= 11 is 0. The molecule has 0 aliphatic rings. The Bertz CT molecular complexity index is 832. The second-order valence-electron chi connectivity index (χ2n) is 4.55. The molecule has 21 heavy (non-hydrogen) atoms. The third-order valence-corrected chi connectivity index (χ3v) is 3.88. The van der Waals surface area contributed by atoms with Crippen LogP contribution in [0.25, 0.3) is 11.6 Å². The van der Waals surface area contributed by atoms with Gasteiger partial charge in [-0.1, -0.05) is 48.0 Å². The van der Waals surface area contributed by atoms with Gasteiger partial charge >= 0.3 is 0 Å². The molecule has 2 aromatic rings. The molecule has 0 atom stereocenters. The van der Waals surface area contributed by atoms with Crippen LogP contribution in [0.15, 0.2) is 53.4 Å². The topological polar surface area (TPSA) is 78.2 Å². The Labute approximate surface area is 123 Å². The molecular formula is C16H13NO3S. The van der Waals surface area contributed by atoms with E-state index >= 15 is 0 Å². The number of allylic oxidation sites excluding steroid dienone is 1. The average molecular weight is 299 g/mol. The van der Waals surface area contributed by atoms with Crippen molar-refractivity contribution < 1.29 is 13.0 Å². The monoisotopic (exact) mass is 299 g/mol. The van der Waals surface area contributed by atoms with Gasteiger partial charge in [-0.15, -0.1) is 0 Å². The Morgan fingerprint density at radius 1 is 1.19 bits per heavy atom. The van der Waals surface area contributed by atoms with Crippen LogP contribution in [0.5, 0.6) is 0 Å². The summed E-state index contributed by atoms with van der Waals surface area (Å²) in [7, 11) is -4.34. The van der Waals surface area contributed by atoms with Crippen LogP contribution in [0.1, 0.15) is 16.7 Å². The van der Waals surface area contributed by atoms with E-state index in [0.29, 0.717) is 11.1 Å². The predicted octanol–water partition coefficient (Wildman–Crippen LogP) is 3.31. The van der Waals surface area contributed by atoms with Crippen LogP contribution in [-0.4, -0.2) is 13.0 Å². The minimum absolute atomic E-state index is 0.211. The van der Waals surface area contributed by atoms with E-state index in [0.717, 1.165) is 5.56 Å². The molecule has 2 rings (SSSR count). The molecule has 0 saturated heterocycles. The highest BCUT2D eigenvalue weighted by Gasteiger charge is 2.15. The number of hydrogen-bond donors (Lipinski definition) is 1. The predicted molar refractivity (Wildman–Crippen MR) is 80.9 cm³/mol. The molecule has 1 N–H and O–H groups in total. The normalized spacial score (nSPS) is 12.0. The van der Waals surface area contributed by atoms with Gasteiger partial charge in [0.25, 0.3) is 10.1 Å². The molecule has 4 nitrogen and oxygen atoms in total. The Morgan fingerprint density at radius 3 is 2.43 bits per heavy atom. The zero-order chi connectivity index (χ0) is 15.5. The summed E-state index contributed by atoms with van der Waals surface area (Å²) in [6.07, 6.45) is 1.46. The van der Waals surface area contributed by atoms with Gasteiger partial charge in [0, 0.05) is 0 Å². The average Bonchev–Trinajstić information content (AvgIpc) is 2.44. The van der Waals surface area contributed by atoms with E-state index in [1.807, 2.05) is 12.1 Å². The first-order valence-electron chi connectivity index (χ1n) is 6.17. The van der Waals surface area contributed by atoms with Crippen LogP contribution >= 0.6 is 0 Å². The molecule has 0 heterocycles. The SMILES string of the molecule is Cc1ccc(S(=O)(=O)O)c(C=C(C#N)c2ccccc2)c1. The van der Waals surface area contributed by atoms with Gasteiger partial charge in [-0.2, -0.15) is 13.7 Å². The fraction of sp³-hybridized carbons (Fsp3) is 0.0625. The highest BCUT2D eigenvalue weighted by atomic mass is 32.2. The summed E-state index contributed by atoms with van der Waals surface area (Å²) in [5, 5.41) is 9.27. The molecule has 0 amide bonds. The lowest BCUT2D eigenvalue weighted by Crippen LogP contribution is -2.01. The molecule has 5 heteroatoms. The van der Waals surface area contributed by atoms with E-state index in [-0.39, 0.29) is 10.5 Å². The van der Waals surface area contributed by atoms with E-state index in [4.69, 9.17) is 0 Å². The van der Waals surface area contributed by atoms with Crippen LogP contribution < -0.4 is 0 Å². The summed E-state index contributed by atoms with van der Waals surface area (Å²) in [4.78, 5) is -0.211. The Balaban J connectivity index is 2.64. The minimum Gasteiger partial charge on any atom is -0.282 e. The maximum Gasteiger partial charge on any atom is 0.295 e. The Morgan fingerprint density at radius 2 is 1.86 bits per heavy atom. The number of hydrogen-bond acceptors (Lipinski definition) is 3. The molecule has 0 aliphatic heterocycles. The van der Waals surface area contributed by atoms with Gasteiger partial charge in [0.05, 0.1) is 11.6 Å². The summed E-state index contributed by atoms with van der Waals surface area (Å²) in [6, 6.07) is 15.5. The van der Waals surface area contributed by atoms with E-state index in [2.05, 4.69) is 0 Å². The van der Waals surface area contributed by atoms with Crippen LogP contribution in [0.4, 0.5) is 0 Å². The molecule has 0 aromatic heterocycles. The summed E-state index contributed by atoms with van der Waals surface area (Å²) in [6.45, 7) is 1.81. The Hall–Kier alpha value is -2.42. The second-order valence-corrected chi connectivity index (χ2v) is 5.94. The van der Waals surface area contributed by atoms with E-state index in [1.165, 1.54) is 12.1 Å². The summed E-state index contributed by atoms with van der Waals surface area (Å²) < 4.78 is 32.1. The highest BCUT2D eigenvalue weighted by molar-refractivity contribution is 7.85. The lowest BCUT2D eigenvalue weighted by atomic mass is 10.0. The van der Waals surface area contributed by atoms with Gasteiger partial charge < -0.3 is 0 Å². The van der Waals surface area contributed by atoms with Crippen LogP contribution in [0.2, 0.25) is 0 Å². The van der Waals surface area contributed by atoms with Gasteiger partial charge in [0.2, 0.25) is 0 Å². The number of benzene rings is 2. The van der Waals surface area contributed by atoms with Crippen molar-refractivity contribution in [2.45, 2.75) is 11.8 Å². The fourth-order valence-electron chi connectivity index (χ4n) is 1.97. The molecule has 0 saturated carbocycles. The van der Waals surface area contributed by atoms with Gasteiger partial charge in [0.1, 0.15) is 4.90 Å². The molecular weight excluding hydrogens is 286 g/mol. The van der Waals surface area contributed by atoms with Crippen molar-refractivity contribution in [3.8, 4) is 6.07 Å². The molecule has 106 valence electrons. The van der Waals surface area contributed by atoms with Crippen molar-refractivity contribution >= 4 is 21.8 Å². The molecule has 0 aliphatic carbocycles. The van der Waals surface area contributed by atoms with Crippen LogP contribution in [0.3, 0.4) is 0 Å². The zero-order valence-corrected chi connectivity index (χ0v) is 12.1. The second kappa shape index (κ2) is 5.92. The van der Waals surface area contributed by atoms with Crippen molar-refractivity contribution in [3.63, 3.8) is 0 Å². The maximum absolute atomic E-state index is 11.4. The van der Waals surface area contributed by atoms with Crippen LogP contribution in [-0.2, 0) is 10.1 Å².